The van der Waals surface area contributed by atoms with Gasteiger partial charge in [0.15, 0.2) is 0 Å². The number of esters is 1. The van der Waals surface area contributed by atoms with Gasteiger partial charge in [-0.1, -0.05) is 54.1 Å². The number of methoxy groups -OCH3 is 1. The van der Waals surface area contributed by atoms with Gasteiger partial charge in [-0.05, 0) is 31.9 Å². The molecule has 1 aromatic heterocycles. The highest BCUT2D eigenvalue weighted by molar-refractivity contribution is 7.17. The van der Waals surface area contributed by atoms with Gasteiger partial charge >= 0.3 is 5.97 Å². The van der Waals surface area contributed by atoms with Crippen LogP contribution in [0.1, 0.15) is 32.1 Å². The monoisotopic (exact) mass is 408 g/mol. The van der Waals surface area contributed by atoms with Gasteiger partial charge in [-0.25, -0.2) is 4.98 Å². The van der Waals surface area contributed by atoms with Crippen molar-refractivity contribution >= 4 is 23.2 Å². The van der Waals surface area contributed by atoms with E-state index >= 15 is 0 Å². The number of carbonyl (C=O) groups is 2. The predicted octanol–water partition coefficient (Wildman–Crippen LogP) is 4.55. The maximum atomic E-state index is 13.3. The van der Waals surface area contributed by atoms with Crippen molar-refractivity contribution in [2.24, 2.45) is 0 Å². The largest absolute Gasteiger partial charge is 0.468 e. The lowest BCUT2D eigenvalue weighted by molar-refractivity contribution is -0.141. The Morgan fingerprint density at radius 3 is 2.45 bits per heavy atom. The summed E-state index contributed by atoms with van der Waals surface area (Å²) < 4.78 is 4.79. The number of ether oxygens (including phenoxy) is 1. The number of hydrogen-bond acceptors (Lipinski definition) is 5. The molecule has 0 saturated carbocycles. The Morgan fingerprint density at radius 2 is 1.79 bits per heavy atom. The van der Waals surface area contributed by atoms with E-state index in [1.165, 1.54) is 28.9 Å². The molecule has 0 radical (unpaired) electrons. The molecule has 0 aliphatic rings. The minimum absolute atomic E-state index is 0.111. The van der Waals surface area contributed by atoms with Crippen LogP contribution in [-0.2, 0) is 16.1 Å². The fourth-order valence-corrected chi connectivity index (χ4v) is 4.26. The van der Waals surface area contributed by atoms with Crippen molar-refractivity contribution in [2.45, 2.75) is 27.3 Å². The van der Waals surface area contributed by atoms with Crippen LogP contribution in [0.2, 0.25) is 0 Å². The van der Waals surface area contributed by atoms with Crippen molar-refractivity contribution in [3.63, 3.8) is 0 Å². The van der Waals surface area contributed by atoms with Crippen molar-refractivity contribution in [1.29, 1.82) is 0 Å². The van der Waals surface area contributed by atoms with Crippen LogP contribution in [-0.4, -0.2) is 35.4 Å². The molecule has 0 atom stereocenters. The zero-order valence-corrected chi connectivity index (χ0v) is 17.9. The lowest BCUT2D eigenvalue weighted by Crippen LogP contribution is -2.35. The standard InChI is InChI=1S/C23H24N2O3S/c1-15-10-11-19(16(2)12-15)22-24-17(3)21(29-22)23(27)25(14-20(26)28-4)13-18-8-6-5-7-9-18/h5-12H,13-14H2,1-4H3. The normalized spacial score (nSPS) is 10.6. The van der Waals surface area contributed by atoms with Gasteiger partial charge in [0.25, 0.3) is 5.91 Å². The highest BCUT2D eigenvalue weighted by atomic mass is 32.1. The van der Waals surface area contributed by atoms with E-state index in [-0.39, 0.29) is 12.5 Å². The van der Waals surface area contributed by atoms with Crippen LogP contribution in [0.5, 0.6) is 0 Å². The Balaban J connectivity index is 1.92. The molecule has 1 amide bonds. The smallest absolute Gasteiger partial charge is 0.325 e. The molecule has 2 aromatic carbocycles. The summed E-state index contributed by atoms with van der Waals surface area (Å²) in [5.41, 5.74) is 4.93. The van der Waals surface area contributed by atoms with Crippen molar-refractivity contribution in [3.8, 4) is 10.6 Å². The number of amides is 1. The summed E-state index contributed by atoms with van der Waals surface area (Å²) in [5.74, 6) is -0.670. The summed E-state index contributed by atoms with van der Waals surface area (Å²) in [6.07, 6.45) is 0. The van der Waals surface area contributed by atoms with Gasteiger partial charge in [-0.15, -0.1) is 11.3 Å². The fourth-order valence-electron chi connectivity index (χ4n) is 3.13. The molecule has 0 aliphatic heterocycles. The second-order valence-corrected chi connectivity index (χ2v) is 7.97. The van der Waals surface area contributed by atoms with E-state index in [1.807, 2.05) is 63.2 Å². The SMILES string of the molecule is COC(=O)CN(Cc1ccccc1)C(=O)c1sc(-c2ccc(C)cc2C)nc1C. The maximum absolute atomic E-state index is 13.3. The van der Waals surface area contributed by atoms with E-state index < -0.39 is 5.97 Å². The van der Waals surface area contributed by atoms with Crippen molar-refractivity contribution in [1.82, 2.24) is 9.88 Å². The number of rotatable bonds is 6. The molecule has 5 nitrogen and oxygen atoms in total. The Bertz CT molecular complexity index is 1030. The maximum Gasteiger partial charge on any atom is 0.325 e. The molecular formula is C23H24N2O3S. The second-order valence-electron chi connectivity index (χ2n) is 6.97. The minimum atomic E-state index is -0.453. The van der Waals surface area contributed by atoms with Crippen LogP contribution in [0.15, 0.2) is 48.5 Å². The number of thiazole rings is 1. The van der Waals surface area contributed by atoms with Crippen LogP contribution in [0.3, 0.4) is 0 Å². The van der Waals surface area contributed by atoms with Crippen molar-refractivity contribution in [3.05, 3.63) is 75.8 Å². The molecular weight excluding hydrogens is 384 g/mol. The van der Waals surface area contributed by atoms with Crippen molar-refractivity contribution in [2.75, 3.05) is 13.7 Å². The van der Waals surface area contributed by atoms with Gasteiger partial charge in [0.05, 0.1) is 12.8 Å². The van der Waals surface area contributed by atoms with Crippen molar-refractivity contribution < 1.29 is 14.3 Å². The number of aryl methyl sites for hydroxylation is 3. The van der Waals surface area contributed by atoms with Crippen LogP contribution >= 0.6 is 11.3 Å². The first-order chi connectivity index (χ1) is 13.9. The van der Waals surface area contributed by atoms with E-state index in [2.05, 4.69) is 11.1 Å². The lowest BCUT2D eigenvalue weighted by atomic mass is 10.1. The zero-order chi connectivity index (χ0) is 21.0. The molecule has 150 valence electrons. The first kappa shape index (κ1) is 20.7. The second kappa shape index (κ2) is 9.01. The third-order valence-electron chi connectivity index (χ3n) is 4.65. The van der Waals surface area contributed by atoms with Crippen LogP contribution in [0.25, 0.3) is 10.6 Å². The van der Waals surface area contributed by atoms with Gasteiger partial charge in [-0.3, -0.25) is 9.59 Å². The number of nitrogens with zero attached hydrogens (tertiary/aromatic N) is 2. The van der Waals surface area contributed by atoms with E-state index in [9.17, 15) is 9.59 Å². The first-order valence-corrected chi connectivity index (χ1v) is 10.2. The molecule has 0 N–H and O–H groups in total. The lowest BCUT2D eigenvalue weighted by Gasteiger charge is -2.21. The molecule has 0 unspecified atom stereocenters. The summed E-state index contributed by atoms with van der Waals surface area (Å²) in [5, 5.41) is 0.807. The third kappa shape index (κ3) is 4.90. The summed E-state index contributed by atoms with van der Waals surface area (Å²) in [7, 11) is 1.32. The van der Waals surface area contributed by atoms with E-state index in [1.54, 1.807) is 0 Å². The topological polar surface area (TPSA) is 59.5 Å². The molecule has 0 saturated heterocycles. The third-order valence-corrected chi connectivity index (χ3v) is 5.83. The molecule has 1 heterocycles. The molecule has 3 aromatic rings. The Morgan fingerprint density at radius 1 is 1.07 bits per heavy atom. The van der Waals surface area contributed by atoms with Crippen LogP contribution < -0.4 is 0 Å². The van der Waals surface area contributed by atoms with Gasteiger partial charge < -0.3 is 9.64 Å². The Kier molecular flexibility index (Phi) is 6.44. The zero-order valence-electron chi connectivity index (χ0n) is 17.1. The van der Waals surface area contributed by atoms with Gasteiger partial charge in [0, 0.05) is 12.1 Å². The molecule has 6 heteroatoms. The van der Waals surface area contributed by atoms with Gasteiger partial charge in [0.2, 0.25) is 0 Å². The molecule has 0 spiro atoms. The number of hydrogen-bond donors (Lipinski definition) is 0. The number of carbonyl (C=O) groups excluding carboxylic acids is 2. The predicted molar refractivity (Wildman–Crippen MR) is 115 cm³/mol. The van der Waals surface area contributed by atoms with E-state index in [0.29, 0.717) is 17.1 Å². The highest BCUT2D eigenvalue weighted by Gasteiger charge is 2.24. The van der Waals surface area contributed by atoms with Gasteiger partial charge in [0.1, 0.15) is 16.4 Å². The average Bonchev–Trinajstić information content (AvgIpc) is 3.08. The molecule has 0 aliphatic carbocycles. The molecule has 0 bridgehead atoms. The first-order valence-electron chi connectivity index (χ1n) is 9.34. The quantitative estimate of drug-likeness (QED) is 0.562. The summed E-state index contributed by atoms with van der Waals surface area (Å²) in [6.45, 7) is 6.13. The number of benzene rings is 2. The minimum Gasteiger partial charge on any atom is -0.468 e. The summed E-state index contributed by atoms with van der Waals surface area (Å²) in [6, 6.07) is 15.8. The summed E-state index contributed by atoms with van der Waals surface area (Å²) >= 11 is 1.36. The molecule has 29 heavy (non-hydrogen) atoms. The highest BCUT2D eigenvalue weighted by Crippen LogP contribution is 2.31. The summed E-state index contributed by atoms with van der Waals surface area (Å²) in [4.78, 5) is 31.9. The molecule has 0 fully saturated rings. The van der Waals surface area contributed by atoms with E-state index in [0.717, 1.165) is 21.7 Å². The van der Waals surface area contributed by atoms with Gasteiger partial charge in [-0.2, -0.15) is 0 Å². The Hall–Kier alpha value is -2.99. The number of aromatic nitrogens is 1. The van der Waals surface area contributed by atoms with E-state index in [4.69, 9.17) is 4.74 Å². The average molecular weight is 409 g/mol. The van der Waals surface area contributed by atoms with Crippen LogP contribution in [0, 0.1) is 20.8 Å². The molecule has 3 rings (SSSR count). The van der Waals surface area contributed by atoms with Crippen LogP contribution in [0.4, 0.5) is 0 Å². The fraction of sp³-hybridized carbons (Fsp3) is 0.261. The Labute approximate surface area is 175 Å².